The van der Waals surface area contributed by atoms with Crippen molar-refractivity contribution in [3.8, 4) is 0 Å². The van der Waals surface area contributed by atoms with Crippen LogP contribution in [-0.2, 0) is 54.3 Å². The van der Waals surface area contributed by atoms with E-state index in [2.05, 4.69) is 21.3 Å². The van der Waals surface area contributed by atoms with Crippen LogP contribution in [0.2, 0.25) is 0 Å². The number of nitrogens with zero attached hydrogens (tertiary/aromatic N) is 5. The fourth-order valence-electron chi connectivity index (χ4n) is 8.95. The molecule has 8 atom stereocenters. The number of nitrogens with one attached hydrogen (secondary N) is 4. The fraction of sp³-hybridized carbons (Fsp3) is 0.717. The van der Waals surface area contributed by atoms with Crippen LogP contribution in [-0.4, -0.2) is 191 Å². The molecule has 2 aliphatic rings. The quantitative estimate of drug-likeness (QED) is 0.202. The molecule has 20 nitrogen and oxygen atoms in total. The highest BCUT2D eigenvalue weighted by Crippen LogP contribution is 2.21. The maximum Gasteiger partial charge on any atom is 0.248 e. The Morgan fingerprint density at radius 2 is 1.18 bits per heavy atom. The molecule has 3 rings (SSSR count). The lowest BCUT2D eigenvalue weighted by molar-refractivity contribution is -0.150. The van der Waals surface area contributed by atoms with Crippen molar-refractivity contribution in [1.82, 2.24) is 45.8 Å². The normalized spacial score (nSPS) is 25.3. The zero-order chi connectivity index (χ0) is 55.1. The summed E-state index contributed by atoms with van der Waals surface area (Å²) >= 11 is 0. The molecule has 9 amide bonds. The molecule has 410 valence electrons. The van der Waals surface area contributed by atoms with Gasteiger partial charge in [0, 0.05) is 47.7 Å². The number of hydrogen-bond donors (Lipinski definition) is 5. The summed E-state index contributed by atoms with van der Waals surface area (Å²) in [6, 6.07) is -0.281. The average Bonchev–Trinajstić information content (AvgIpc) is 3.32. The van der Waals surface area contributed by atoms with Crippen LogP contribution in [0, 0.1) is 17.8 Å². The number of likely N-dealkylation sites (tertiary alicyclic amines) is 1. The van der Waals surface area contributed by atoms with Crippen molar-refractivity contribution in [2.24, 2.45) is 17.8 Å². The van der Waals surface area contributed by atoms with Crippen LogP contribution in [0.5, 0.6) is 0 Å². The summed E-state index contributed by atoms with van der Waals surface area (Å²) < 4.78 is 6.02. The van der Waals surface area contributed by atoms with Crippen LogP contribution in [0.3, 0.4) is 0 Å². The van der Waals surface area contributed by atoms with Gasteiger partial charge in [-0.1, -0.05) is 71.9 Å². The van der Waals surface area contributed by atoms with Crippen LogP contribution < -0.4 is 21.3 Å². The van der Waals surface area contributed by atoms with Gasteiger partial charge in [-0.15, -0.1) is 0 Å². The molecule has 2 saturated heterocycles. The maximum absolute atomic E-state index is 15.0. The molecule has 0 aromatic heterocycles. The van der Waals surface area contributed by atoms with Gasteiger partial charge in [-0.05, 0) is 89.5 Å². The molecule has 0 saturated carbocycles. The van der Waals surface area contributed by atoms with E-state index < -0.39 is 120 Å². The predicted molar refractivity (Wildman–Crippen MR) is 276 cm³/mol. The van der Waals surface area contributed by atoms with Crippen molar-refractivity contribution >= 4 is 53.2 Å². The van der Waals surface area contributed by atoms with E-state index in [1.807, 2.05) is 47.6 Å². The van der Waals surface area contributed by atoms with Crippen molar-refractivity contribution in [2.75, 3.05) is 54.4 Å². The lowest BCUT2D eigenvalue weighted by atomic mass is 9.97. The zero-order valence-corrected chi connectivity index (χ0v) is 46.0. The molecule has 0 aliphatic carbocycles. The molecule has 2 aliphatic heterocycles. The average molecular weight is 1030 g/mol. The molecule has 2 heterocycles. The van der Waals surface area contributed by atoms with E-state index in [9.17, 15) is 48.3 Å². The molecule has 0 spiro atoms. The Morgan fingerprint density at radius 1 is 0.644 bits per heavy atom. The summed E-state index contributed by atoms with van der Waals surface area (Å²) in [7, 11) is 5.59. The number of hydrogen-bond acceptors (Lipinski definition) is 11. The van der Waals surface area contributed by atoms with Crippen molar-refractivity contribution in [3.63, 3.8) is 0 Å². The van der Waals surface area contributed by atoms with E-state index in [0.29, 0.717) is 31.5 Å². The van der Waals surface area contributed by atoms with Crippen molar-refractivity contribution in [1.29, 1.82) is 0 Å². The first-order valence-electron chi connectivity index (χ1n) is 25.9. The van der Waals surface area contributed by atoms with Crippen LogP contribution in [0.1, 0.15) is 120 Å². The van der Waals surface area contributed by atoms with Gasteiger partial charge in [-0.25, -0.2) is 0 Å². The first-order valence-corrected chi connectivity index (χ1v) is 25.9. The van der Waals surface area contributed by atoms with Crippen molar-refractivity contribution in [3.05, 3.63) is 35.9 Å². The van der Waals surface area contributed by atoms with Crippen molar-refractivity contribution < 1.29 is 53.0 Å². The van der Waals surface area contributed by atoms with E-state index in [1.54, 1.807) is 49.9 Å². The topological polar surface area (TPSA) is 247 Å². The SMILES string of the molecule is CC(C)C[C@@H]1NC(=O)C[C@@H](C(=O)N2CCCCC2)NC(=O)[C@H](COC(C)(C)C)NC(=O)[C@H](CC(C)C)N(C)C(=O)CN(C)C(=O)[C@H]([C@@H](C)O)NC(=O)[C@H](CC(C)C)N(C)C(=O)[C@H](Cc2ccccc2)N(C)C1=O. The molecule has 73 heavy (non-hydrogen) atoms. The third-order valence-electron chi connectivity index (χ3n) is 13.2. The minimum atomic E-state index is -1.57. The van der Waals surface area contributed by atoms with E-state index in [4.69, 9.17) is 4.74 Å². The minimum absolute atomic E-state index is 0.0137. The lowest BCUT2D eigenvalue weighted by Crippen LogP contribution is -2.61. The largest absolute Gasteiger partial charge is 0.391 e. The smallest absolute Gasteiger partial charge is 0.248 e. The van der Waals surface area contributed by atoms with E-state index in [-0.39, 0.29) is 50.0 Å². The predicted octanol–water partition coefficient (Wildman–Crippen LogP) is 1.86. The van der Waals surface area contributed by atoms with Crippen molar-refractivity contribution in [2.45, 2.75) is 175 Å². The minimum Gasteiger partial charge on any atom is -0.391 e. The summed E-state index contributed by atoms with van der Waals surface area (Å²) in [4.78, 5) is 136. The molecule has 0 bridgehead atoms. The zero-order valence-electron chi connectivity index (χ0n) is 46.0. The first-order chi connectivity index (χ1) is 34.0. The Hall–Kier alpha value is -5.63. The number of aliphatic hydroxyl groups is 1. The third-order valence-corrected chi connectivity index (χ3v) is 13.2. The summed E-state index contributed by atoms with van der Waals surface area (Å²) in [5.41, 5.74) is -0.0977. The number of carbonyl (C=O) groups is 9. The second-order valence-corrected chi connectivity index (χ2v) is 22.2. The molecular formula is C53H87N9O11. The second kappa shape index (κ2) is 28.2. The van der Waals surface area contributed by atoms with Gasteiger partial charge >= 0.3 is 0 Å². The Labute approximate surface area is 433 Å². The molecule has 5 N–H and O–H groups in total. The van der Waals surface area contributed by atoms with Gasteiger partial charge in [0.25, 0.3) is 0 Å². The van der Waals surface area contributed by atoms with Crippen LogP contribution in [0.15, 0.2) is 30.3 Å². The summed E-state index contributed by atoms with van der Waals surface area (Å²) in [5, 5.41) is 21.9. The second-order valence-electron chi connectivity index (χ2n) is 22.2. The molecule has 20 heteroatoms. The molecule has 0 radical (unpaired) electrons. The number of aliphatic hydroxyl groups excluding tert-OH is 1. The first kappa shape index (κ1) is 61.7. The van der Waals surface area contributed by atoms with Gasteiger partial charge < -0.3 is 55.6 Å². The number of amides is 9. The molecule has 0 unspecified atom stereocenters. The number of piperidine rings is 1. The van der Waals surface area contributed by atoms with E-state index in [0.717, 1.165) is 11.3 Å². The number of ether oxygens (including phenoxy) is 1. The third kappa shape index (κ3) is 19.0. The van der Waals surface area contributed by atoms with Crippen LogP contribution in [0.4, 0.5) is 0 Å². The summed E-state index contributed by atoms with van der Waals surface area (Å²) in [6.07, 6.45) is 0.655. The number of rotatable bonds is 12. The summed E-state index contributed by atoms with van der Waals surface area (Å²) in [6.45, 7) is 17.5. The summed E-state index contributed by atoms with van der Waals surface area (Å²) in [5.74, 6) is -6.80. The van der Waals surface area contributed by atoms with E-state index in [1.165, 1.54) is 49.8 Å². The van der Waals surface area contributed by atoms with Gasteiger partial charge in [0.2, 0.25) is 53.2 Å². The highest BCUT2D eigenvalue weighted by Gasteiger charge is 2.41. The Balaban J connectivity index is 2.28. The Kier molecular flexibility index (Phi) is 23.8. The highest BCUT2D eigenvalue weighted by atomic mass is 16.5. The van der Waals surface area contributed by atoms with Gasteiger partial charge in [-0.3, -0.25) is 43.2 Å². The Morgan fingerprint density at radius 3 is 1.71 bits per heavy atom. The van der Waals surface area contributed by atoms with E-state index >= 15 is 0 Å². The standard InChI is InChI=1S/C53H87N9O11/c1-32(2)25-37-49(69)61(14)42(28-36-21-17-15-18-22-36)51(71)60(13)41(27-34(5)6)48(68)57-45(35(7)63)52(72)58(11)30-44(65)59(12)40(26-33(3)4)47(67)56-39(31-73-53(8,9)10)46(66)55-38(29-43(64)54-37)50(70)62-23-19-16-20-24-62/h15,17-18,21-22,32-35,37-42,45,63H,16,19-20,23-31H2,1-14H3,(H,54,64)(H,55,66)(H,56,67)(H,57,68)/t35-,37+,38+,39+,40+,41+,42+,45+/m1/s1. The van der Waals surface area contributed by atoms with Crippen LogP contribution in [0.25, 0.3) is 0 Å². The number of benzene rings is 1. The van der Waals surface area contributed by atoms with Gasteiger partial charge in [0.15, 0.2) is 0 Å². The Bertz CT molecular complexity index is 2050. The monoisotopic (exact) mass is 1030 g/mol. The van der Waals surface area contributed by atoms with Gasteiger partial charge in [0.1, 0.15) is 42.3 Å². The van der Waals surface area contributed by atoms with Gasteiger partial charge in [0.05, 0.1) is 31.3 Å². The molecular weight excluding hydrogens is 939 g/mol. The number of likely N-dealkylation sites (N-methyl/N-ethyl adjacent to an activating group) is 4. The lowest BCUT2D eigenvalue weighted by Gasteiger charge is -2.37. The molecule has 2 fully saturated rings. The maximum atomic E-state index is 15.0. The van der Waals surface area contributed by atoms with Gasteiger partial charge in [-0.2, -0.15) is 0 Å². The molecule has 1 aromatic carbocycles. The highest BCUT2D eigenvalue weighted by molar-refractivity contribution is 5.99. The molecule has 1 aromatic rings. The number of carbonyl (C=O) groups excluding carboxylic acids is 9. The van der Waals surface area contributed by atoms with Crippen LogP contribution >= 0.6 is 0 Å². The fourth-order valence-corrected chi connectivity index (χ4v) is 8.95.